The van der Waals surface area contributed by atoms with Crippen LogP contribution in [-0.4, -0.2) is 75.5 Å². The molecule has 2 saturated heterocycles. The molecule has 0 aromatic carbocycles. The van der Waals surface area contributed by atoms with Gasteiger partial charge in [-0.15, -0.1) is 0 Å². The van der Waals surface area contributed by atoms with Crippen LogP contribution in [0.3, 0.4) is 0 Å². The van der Waals surface area contributed by atoms with Gasteiger partial charge in [-0.25, -0.2) is 23.4 Å². The minimum atomic E-state index is -4.63. The maximum atomic E-state index is 13.1. The van der Waals surface area contributed by atoms with Crippen LogP contribution in [0.2, 0.25) is 0 Å². The first-order chi connectivity index (χ1) is 15.0. The SMILES string of the molecule is CC1CCCN([C@@H]2CN(S(=O)(=O)c3cn(C)cn3)C[C@H]2Oc2cc(C(F)(F)F)ncn2)C1. The summed E-state index contributed by atoms with van der Waals surface area (Å²) in [4.78, 5) is 13.2. The first-order valence-electron chi connectivity index (χ1n) is 10.3. The van der Waals surface area contributed by atoms with E-state index in [4.69, 9.17) is 4.74 Å². The van der Waals surface area contributed by atoms with Crippen molar-refractivity contribution < 1.29 is 26.3 Å². The Labute approximate surface area is 184 Å². The number of aryl methyl sites for hydroxylation is 1. The summed E-state index contributed by atoms with van der Waals surface area (Å²) in [5, 5.41) is -0.0761. The van der Waals surface area contributed by atoms with Gasteiger partial charge in [-0.3, -0.25) is 4.90 Å². The van der Waals surface area contributed by atoms with Gasteiger partial charge in [-0.2, -0.15) is 17.5 Å². The average Bonchev–Trinajstić information content (AvgIpc) is 3.35. The number of sulfonamides is 1. The number of ether oxygens (including phenoxy) is 1. The number of aromatic nitrogens is 4. The highest BCUT2D eigenvalue weighted by atomic mass is 32.2. The molecule has 2 fully saturated rings. The lowest BCUT2D eigenvalue weighted by molar-refractivity contribution is -0.141. The molecule has 32 heavy (non-hydrogen) atoms. The van der Waals surface area contributed by atoms with Crippen LogP contribution in [0, 0.1) is 5.92 Å². The van der Waals surface area contributed by atoms with Gasteiger partial charge in [0.15, 0.2) is 10.7 Å². The summed E-state index contributed by atoms with van der Waals surface area (Å²) in [6, 6.07) is 0.423. The van der Waals surface area contributed by atoms with Crippen LogP contribution in [-0.2, 0) is 23.2 Å². The predicted molar refractivity (Wildman–Crippen MR) is 107 cm³/mol. The summed E-state index contributed by atoms with van der Waals surface area (Å²) in [6.07, 6.45) is 0.339. The van der Waals surface area contributed by atoms with Crippen LogP contribution in [0.25, 0.3) is 0 Å². The van der Waals surface area contributed by atoms with Gasteiger partial charge in [0.25, 0.3) is 10.0 Å². The molecule has 1 unspecified atom stereocenters. The number of hydrogen-bond donors (Lipinski definition) is 0. The lowest BCUT2D eigenvalue weighted by Gasteiger charge is -2.37. The molecule has 0 spiro atoms. The topological polar surface area (TPSA) is 93.5 Å². The van der Waals surface area contributed by atoms with E-state index in [9.17, 15) is 21.6 Å². The highest BCUT2D eigenvalue weighted by Gasteiger charge is 2.45. The van der Waals surface area contributed by atoms with E-state index < -0.39 is 28.0 Å². The van der Waals surface area contributed by atoms with Gasteiger partial charge in [0.1, 0.15) is 12.4 Å². The largest absolute Gasteiger partial charge is 0.471 e. The van der Waals surface area contributed by atoms with E-state index >= 15 is 0 Å². The Morgan fingerprint density at radius 1 is 1.16 bits per heavy atom. The van der Waals surface area contributed by atoms with Gasteiger partial charge in [0.05, 0.1) is 18.9 Å². The third-order valence-corrected chi connectivity index (χ3v) is 7.57. The van der Waals surface area contributed by atoms with E-state index in [1.54, 1.807) is 11.6 Å². The fourth-order valence-corrected chi connectivity index (χ4v) is 5.72. The van der Waals surface area contributed by atoms with E-state index in [2.05, 4.69) is 26.8 Å². The molecule has 0 amide bonds. The number of likely N-dealkylation sites (tertiary alicyclic amines) is 1. The second-order valence-corrected chi connectivity index (χ2v) is 10.3. The quantitative estimate of drug-likeness (QED) is 0.652. The second kappa shape index (κ2) is 8.60. The number of hydrogen-bond acceptors (Lipinski definition) is 7. The van der Waals surface area contributed by atoms with Crippen molar-refractivity contribution in [2.45, 2.75) is 43.1 Å². The first-order valence-corrected chi connectivity index (χ1v) is 11.8. The Bertz CT molecular complexity index is 1060. The summed E-state index contributed by atoms with van der Waals surface area (Å²) >= 11 is 0. The minimum Gasteiger partial charge on any atom is -0.471 e. The van der Waals surface area contributed by atoms with Crippen molar-refractivity contribution in [2.75, 3.05) is 26.2 Å². The molecule has 4 heterocycles. The lowest BCUT2D eigenvalue weighted by Crippen LogP contribution is -2.49. The molecule has 0 bridgehead atoms. The van der Waals surface area contributed by atoms with Crippen LogP contribution >= 0.6 is 0 Å². The summed E-state index contributed by atoms with van der Waals surface area (Å²) < 4.78 is 74.1. The van der Waals surface area contributed by atoms with Gasteiger partial charge < -0.3 is 9.30 Å². The number of halogens is 3. The maximum Gasteiger partial charge on any atom is 0.433 e. The van der Waals surface area contributed by atoms with E-state index in [1.165, 1.54) is 16.8 Å². The van der Waals surface area contributed by atoms with Gasteiger partial charge >= 0.3 is 6.18 Å². The summed E-state index contributed by atoms with van der Waals surface area (Å²) in [5.41, 5.74) is -1.11. The van der Waals surface area contributed by atoms with Gasteiger partial charge in [0.2, 0.25) is 5.88 Å². The summed E-state index contributed by atoms with van der Waals surface area (Å²) in [7, 11) is -2.20. The fourth-order valence-electron chi connectivity index (χ4n) is 4.28. The van der Waals surface area contributed by atoms with E-state index in [0.29, 0.717) is 5.92 Å². The van der Waals surface area contributed by atoms with Crippen molar-refractivity contribution in [1.82, 2.24) is 28.7 Å². The van der Waals surface area contributed by atoms with E-state index in [-0.39, 0.29) is 30.0 Å². The molecular formula is C19H25F3N6O3S. The molecule has 0 radical (unpaired) electrons. The number of alkyl halides is 3. The molecule has 2 aromatic rings. The fraction of sp³-hybridized carbons (Fsp3) is 0.632. The summed E-state index contributed by atoms with van der Waals surface area (Å²) in [6.45, 7) is 3.80. The smallest absolute Gasteiger partial charge is 0.433 e. The molecule has 0 aliphatic carbocycles. The van der Waals surface area contributed by atoms with Crippen molar-refractivity contribution in [1.29, 1.82) is 0 Å². The molecule has 2 aromatic heterocycles. The molecule has 3 atom stereocenters. The van der Waals surface area contributed by atoms with Gasteiger partial charge in [-0.1, -0.05) is 6.92 Å². The van der Waals surface area contributed by atoms with Crippen molar-refractivity contribution >= 4 is 10.0 Å². The molecular weight excluding hydrogens is 449 g/mol. The lowest BCUT2D eigenvalue weighted by atomic mass is 9.98. The minimum absolute atomic E-state index is 0.0141. The van der Waals surface area contributed by atoms with Crippen molar-refractivity contribution in [3.05, 3.63) is 30.6 Å². The molecule has 2 aliphatic rings. The number of rotatable bonds is 5. The van der Waals surface area contributed by atoms with Gasteiger partial charge in [0, 0.05) is 32.4 Å². The number of nitrogens with zero attached hydrogens (tertiary/aromatic N) is 6. The number of imidazole rings is 1. The first kappa shape index (κ1) is 22.9. The molecule has 2 aliphatic heterocycles. The molecule has 4 rings (SSSR count). The zero-order chi connectivity index (χ0) is 23.1. The number of piperidine rings is 1. The van der Waals surface area contributed by atoms with Crippen molar-refractivity contribution in [3.63, 3.8) is 0 Å². The molecule has 9 nitrogen and oxygen atoms in total. The molecule has 0 N–H and O–H groups in total. The Kier molecular flexibility index (Phi) is 6.16. The molecule has 0 saturated carbocycles. The predicted octanol–water partition coefficient (Wildman–Crippen LogP) is 1.78. The third-order valence-electron chi connectivity index (χ3n) is 5.85. The summed E-state index contributed by atoms with van der Waals surface area (Å²) in [5.74, 6) is 0.200. The van der Waals surface area contributed by atoms with Crippen LogP contribution in [0.4, 0.5) is 13.2 Å². The Morgan fingerprint density at radius 2 is 1.94 bits per heavy atom. The normalized spacial score (nSPS) is 25.8. The van der Waals surface area contributed by atoms with E-state index in [0.717, 1.165) is 38.3 Å². The highest BCUT2D eigenvalue weighted by Crippen LogP contribution is 2.31. The zero-order valence-corrected chi connectivity index (χ0v) is 18.6. The average molecular weight is 475 g/mol. The zero-order valence-electron chi connectivity index (χ0n) is 17.7. The molecule has 176 valence electrons. The Morgan fingerprint density at radius 3 is 2.59 bits per heavy atom. The van der Waals surface area contributed by atoms with Crippen LogP contribution in [0.5, 0.6) is 5.88 Å². The standard InChI is InChI=1S/C19H25F3N6O3S/c1-13-4-3-5-27(7-13)14-8-28(32(29,30)18-10-26(2)12-25-18)9-15(14)31-17-6-16(19(20,21)22)23-11-24-17/h6,10-15H,3-5,7-9H2,1-2H3/t13?,14-,15-/m1/s1. The maximum absolute atomic E-state index is 13.1. The Balaban J connectivity index is 1.61. The van der Waals surface area contributed by atoms with Crippen LogP contribution in [0.15, 0.2) is 29.9 Å². The van der Waals surface area contributed by atoms with Crippen LogP contribution in [0.1, 0.15) is 25.5 Å². The van der Waals surface area contributed by atoms with Crippen LogP contribution < -0.4 is 4.74 Å². The molecule has 13 heteroatoms. The highest BCUT2D eigenvalue weighted by molar-refractivity contribution is 7.89. The van der Waals surface area contributed by atoms with Crippen molar-refractivity contribution in [3.8, 4) is 5.88 Å². The van der Waals surface area contributed by atoms with E-state index in [1.807, 2.05) is 0 Å². The monoisotopic (exact) mass is 474 g/mol. The third kappa shape index (κ3) is 4.74. The second-order valence-electron chi connectivity index (χ2n) is 8.40. The van der Waals surface area contributed by atoms with Crippen molar-refractivity contribution in [2.24, 2.45) is 13.0 Å². The van der Waals surface area contributed by atoms with Gasteiger partial charge in [-0.05, 0) is 25.3 Å². The Hall–Kier alpha value is -2.25.